The van der Waals surface area contributed by atoms with E-state index in [9.17, 15) is 14.7 Å². The Morgan fingerprint density at radius 2 is 2.10 bits per heavy atom. The molecule has 2 rings (SSSR count). The first kappa shape index (κ1) is 14.3. The number of rotatable bonds is 3. The normalized spacial score (nSPS) is 26.0. The Morgan fingerprint density at radius 1 is 1.45 bits per heavy atom. The van der Waals surface area contributed by atoms with Crippen molar-refractivity contribution < 1.29 is 14.7 Å². The number of nitrogens with one attached hydrogen (secondary N) is 2. The van der Waals surface area contributed by atoms with Crippen LogP contribution in [0.5, 0.6) is 0 Å². The molecular weight excluding hydrogens is 262 g/mol. The number of urea groups is 1. The Hall–Kier alpha value is -2.12. The Bertz CT molecular complexity index is 505. The van der Waals surface area contributed by atoms with Gasteiger partial charge in [0, 0.05) is 7.05 Å². The summed E-state index contributed by atoms with van der Waals surface area (Å²) in [7, 11) is 1.64. The van der Waals surface area contributed by atoms with Crippen molar-refractivity contribution >= 4 is 17.9 Å². The monoisotopic (exact) mass is 281 g/mol. The van der Waals surface area contributed by atoms with Crippen molar-refractivity contribution in [2.45, 2.75) is 38.1 Å². The zero-order valence-corrected chi connectivity index (χ0v) is 11.6. The number of carboxylic acids is 1. The summed E-state index contributed by atoms with van der Waals surface area (Å²) in [6, 6.07) is -0.571. The summed E-state index contributed by atoms with van der Waals surface area (Å²) in [4.78, 5) is 27.3. The van der Waals surface area contributed by atoms with Crippen molar-refractivity contribution in [3.63, 3.8) is 0 Å². The van der Waals surface area contributed by atoms with Crippen molar-refractivity contribution in [3.8, 4) is 0 Å². The van der Waals surface area contributed by atoms with E-state index in [1.54, 1.807) is 7.05 Å². The minimum Gasteiger partial charge on any atom is -0.480 e. The molecule has 0 aromatic carbocycles. The van der Waals surface area contributed by atoms with Crippen LogP contribution in [0.25, 0.3) is 0 Å². The predicted octanol–water partition coefficient (Wildman–Crippen LogP) is 0.970. The van der Waals surface area contributed by atoms with Gasteiger partial charge in [-0.15, -0.1) is 0 Å². The van der Waals surface area contributed by atoms with Crippen molar-refractivity contribution in [2.24, 2.45) is 13.0 Å². The molecule has 110 valence electrons. The highest BCUT2D eigenvalue weighted by atomic mass is 16.4. The summed E-state index contributed by atoms with van der Waals surface area (Å²) < 4.78 is 1.40. The zero-order chi connectivity index (χ0) is 14.8. The average molecular weight is 281 g/mol. The number of hydrogen-bond donors (Lipinski definition) is 3. The third-order valence-electron chi connectivity index (χ3n) is 3.83. The summed E-state index contributed by atoms with van der Waals surface area (Å²) >= 11 is 0. The largest absolute Gasteiger partial charge is 0.480 e. The van der Waals surface area contributed by atoms with Gasteiger partial charge in [0.05, 0.1) is 0 Å². The van der Waals surface area contributed by atoms with E-state index in [0.717, 1.165) is 12.8 Å². The highest BCUT2D eigenvalue weighted by Gasteiger charge is 2.42. The van der Waals surface area contributed by atoms with E-state index < -0.39 is 17.5 Å². The van der Waals surface area contributed by atoms with Crippen LogP contribution in [-0.4, -0.2) is 37.4 Å². The first-order valence-corrected chi connectivity index (χ1v) is 6.59. The average Bonchev–Trinajstić information content (AvgIpc) is 2.78. The highest BCUT2D eigenvalue weighted by Crippen LogP contribution is 2.32. The highest BCUT2D eigenvalue weighted by molar-refractivity contribution is 5.92. The molecule has 1 saturated carbocycles. The minimum atomic E-state index is -1.19. The molecule has 2 amide bonds. The second-order valence-electron chi connectivity index (χ2n) is 5.36. The summed E-state index contributed by atoms with van der Waals surface area (Å²) in [5.74, 6) is -0.226. The Morgan fingerprint density at radius 3 is 2.60 bits per heavy atom. The molecule has 20 heavy (non-hydrogen) atoms. The lowest BCUT2D eigenvalue weighted by Crippen LogP contribution is -2.57. The Balaban J connectivity index is 2.03. The third kappa shape index (κ3) is 2.89. The lowest BCUT2D eigenvalue weighted by molar-refractivity contribution is -0.146. The molecule has 1 aromatic heterocycles. The zero-order valence-electron chi connectivity index (χ0n) is 11.6. The number of aliphatic carboxylic acids is 1. The van der Waals surface area contributed by atoms with Crippen LogP contribution in [0, 0.1) is 5.92 Å². The fraction of sp³-hybridized carbons (Fsp3) is 0.667. The smallest absolute Gasteiger partial charge is 0.329 e. The summed E-state index contributed by atoms with van der Waals surface area (Å²) in [5, 5.41) is 18.3. The number of aryl methyl sites for hydroxylation is 1. The third-order valence-corrected chi connectivity index (χ3v) is 3.83. The van der Waals surface area contributed by atoms with Crippen LogP contribution < -0.4 is 10.6 Å². The molecule has 1 aliphatic rings. The number of carboxylic acid groups (broad SMARTS) is 1. The second kappa shape index (κ2) is 5.48. The maximum atomic E-state index is 12.0. The summed E-state index contributed by atoms with van der Waals surface area (Å²) in [6.45, 7) is 2.09. The molecule has 1 aromatic rings. The van der Waals surface area contributed by atoms with E-state index in [1.165, 1.54) is 11.0 Å². The van der Waals surface area contributed by atoms with E-state index in [2.05, 4.69) is 27.6 Å². The molecule has 0 aliphatic heterocycles. The van der Waals surface area contributed by atoms with Crippen LogP contribution in [0.2, 0.25) is 0 Å². The molecule has 3 N–H and O–H groups in total. The first-order chi connectivity index (χ1) is 9.43. The van der Waals surface area contributed by atoms with E-state index in [0.29, 0.717) is 18.8 Å². The quantitative estimate of drug-likeness (QED) is 0.764. The predicted molar refractivity (Wildman–Crippen MR) is 71.2 cm³/mol. The number of anilines is 1. The molecule has 0 bridgehead atoms. The van der Waals surface area contributed by atoms with Gasteiger partial charge in [-0.3, -0.25) is 5.32 Å². The van der Waals surface area contributed by atoms with Crippen LogP contribution in [0.3, 0.4) is 0 Å². The van der Waals surface area contributed by atoms with Crippen LogP contribution in [0.15, 0.2) is 6.33 Å². The Kier molecular flexibility index (Phi) is 3.91. The second-order valence-corrected chi connectivity index (χ2v) is 5.36. The van der Waals surface area contributed by atoms with Crippen LogP contribution in [0.1, 0.15) is 32.6 Å². The summed E-state index contributed by atoms with van der Waals surface area (Å²) in [5.41, 5.74) is -1.19. The molecule has 0 spiro atoms. The fourth-order valence-electron chi connectivity index (χ4n) is 2.41. The van der Waals surface area contributed by atoms with Gasteiger partial charge < -0.3 is 10.4 Å². The first-order valence-electron chi connectivity index (χ1n) is 6.59. The maximum Gasteiger partial charge on any atom is 0.329 e. The standard InChI is InChI=1S/C12H19N5O3/c1-8-3-5-12(6-4-8,9(18)19)16-11(20)15-10-13-7-14-17(10)2/h7-8H,3-6H2,1-2H3,(H,18,19)(H2,13,14,15,16,20). The molecule has 0 saturated heterocycles. The van der Waals surface area contributed by atoms with Gasteiger partial charge in [0.2, 0.25) is 5.95 Å². The number of carbonyl (C=O) groups is 2. The lowest BCUT2D eigenvalue weighted by Gasteiger charge is -2.36. The van der Waals surface area contributed by atoms with Gasteiger partial charge in [-0.2, -0.15) is 10.1 Å². The maximum absolute atomic E-state index is 12.0. The van der Waals surface area contributed by atoms with E-state index in [-0.39, 0.29) is 5.95 Å². The summed E-state index contributed by atoms with van der Waals surface area (Å²) in [6.07, 6.45) is 3.77. The Labute approximate surface area is 116 Å². The van der Waals surface area contributed by atoms with Crippen LogP contribution in [0.4, 0.5) is 10.7 Å². The lowest BCUT2D eigenvalue weighted by atomic mass is 9.77. The molecule has 0 atom stereocenters. The molecule has 1 fully saturated rings. The van der Waals surface area contributed by atoms with Gasteiger partial charge in [0.15, 0.2) is 0 Å². The van der Waals surface area contributed by atoms with Gasteiger partial charge in [-0.05, 0) is 31.6 Å². The van der Waals surface area contributed by atoms with Gasteiger partial charge in [-0.1, -0.05) is 6.92 Å². The van der Waals surface area contributed by atoms with Crippen molar-refractivity contribution in [3.05, 3.63) is 6.33 Å². The number of aromatic nitrogens is 3. The minimum absolute atomic E-state index is 0.271. The molecule has 0 radical (unpaired) electrons. The van der Waals surface area contributed by atoms with E-state index >= 15 is 0 Å². The SMILES string of the molecule is CC1CCC(NC(=O)Nc2ncnn2C)(C(=O)O)CC1. The molecule has 1 heterocycles. The number of carbonyl (C=O) groups excluding carboxylic acids is 1. The molecule has 8 heteroatoms. The van der Waals surface area contributed by atoms with Gasteiger partial charge in [0.1, 0.15) is 11.9 Å². The van der Waals surface area contributed by atoms with E-state index in [1.807, 2.05) is 0 Å². The van der Waals surface area contributed by atoms with Crippen molar-refractivity contribution in [1.82, 2.24) is 20.1 Å². The van der Waals surface area contributed by atoms with E-state index in [4.69, 9.17) is 0 Å². The van der Waals surface area contributed by atoms with Gasteiger partial charge in [0.25, 0.3) is 0 Å². The van der Waals surface area contributed by atoms with Crippen molar-refractivity contribution in [2.75, 3.05) is 5.32 Å². The number of nitrogens with zero attached hydrogens (tertiary/aromatic N) is 3. The number of hydrogen-bond acceptors (Lipinski definition) is 4. The van der Waals surface area contributed by atoms with Crippen LogP contribution in [-0.2, 0) is 11.8 Å². The van der Waals surface area contributed by atoms with Crippen molar-refractivity contribution in [1.29, 1.82) is 0 Å². The van der Waals surface area contributed by atoms with Gasteiger partial charge >= 0.3 is 12.0 Å². The fourth-order valence-corrected chi connectivity index (χ4v) is 2.41. The molecule has 1 aliphatic carbocycles. The van der Waals surface area contributed by atoms with Gasteiger partial charge in [-0.25, -0.2) is 14.3 Å². The molecule has 0 unspecified atom stereocenters. The topological polar surface area (TPSA) is 109 Å². The van der Waals surface area contributed by atoms with Crippen LogP contribution >= 0.6 is 0 Å². The molecule has 8 nitrogen and oxygen atoms in total. The number of amides is 2. The molecular formula is C12H19N5O3.